The van der Waals surface area contributed by atoms with Crippen LogP contribution in [0.2, 0.25) is 0 Å². The summed E-state index contributed by atoms with van der Waals surface area (Å²) < 4.78 is 23.4. The molecule has 4 N–H and O–H groups in total. The Morgan fingerprint density at radius 3 is 2.25 bits per heavy atom. The fraction of sp³-hybridized carbons (Fsp3) is 0.743. The molecule has 2 heterocycles. The fourth-order valence-corrected chi connectivity index (χ4v) is 6.54. The number of ether oxygens (including phenoxy) is 4. The van der Waals surface area contributed by atoms with Crippen molar-refractivity contribution in [3.05, 3.63) is 47.3 Å². The van der Waals surface area contributed by atoms with Crippen molar-refractivity contribution in [3.63, 3.8) is 0 Å². The molecule has 0 aromatic carbocycles. The molecule has 0 radical (unpaired) electrons. The summed E-state index contributed by atoms with van der Waals surface area (Å²) in [5.41, 5.74) is 1.78. The number of allylic oxidation sites excluding steroid dienone is 5. The SMILES string of the molecule is CO/C1=C/C(C)=C/[C@@H](C)[C@@H](O)[C@@H](C)C/C(C)=C\C=C\[C@H](OC)[C@@H]([C@@H](C)[C@@H](O)[C@H](C)[C@@]2(O)C[C@@H](O)[C@H](C)[C@@H](C(C)C)O2)OC1=O. The smallest absolute Gasteiger partial charge is 0.373 e. The second kappa shape index (κ2) is 16.5. The Balaban J connectivity index is 2.52. The number of aliphatic hydroxyl groups excluding tert-OH is 3. The van der Waals surface area contributed by atoms with Gasteiger partial charge >= 0.3 is 5.97 Å². The number of cyclic esters (lactones) is 1. The van der Waals surface area contributed by atoms with Gasteiger partial charge in [-0.25, -0.2) is 4.79 Å². The number of rotatable bonds is 7. The zero-order chi connectivity index (χ0) is 33.5. The maximum absolute atomic E-state index is 13.5. The van der Waals surface area contributed by atoms with Crippen LogP contribution in [0.3, 0.4) is 0 Å². The summed E-state index contributed by atoms with van der Waals surface area (Å²) in [6, 6.07) is 0. The predicted molar refractivity (Wildman–Crippen MR) is 170 cm³/mol. The molecule has 0 unspecified atom stereocenters. The number of carbonyl (C=O) groups excluding carboxylic acids is 1. The summed E-state index contributed by atoms with van der Waals surface area (Å²) in [5, 5.41) is 45.0. The molecule has 0 amide bonds. The maximum atomic E-state index is 13.5. The molecular formula is C35H58O9. The summed E-state index contributed by atoms with van der Waals surface area (Å²) in [5.74, 6) is -4.49. The molecule has 12 atom stereocenters. The topological polar surface area (TPSA) is 135 Å². The lowest BCUT2D eigenvalue weighted by Gasteiger charge is -2.49. The van der Waals surface area contributed by atoms with E-state index < -0.39 is 60.2 Å². The van der Waals surface area contributed by atoms with E-state index in [9.17, 15) is 25.2 Å². The molecule has 1 fully saturated rings. The molecule has 252 valence electrons. The molecule has 0 spiro atoms. The zero-order valence-corrected chi connectivity index (χ0v) is 28.6. The second-order valence-corrected chi connectivity index (χ2v) is 13.6. The van der Waals surface area contributed by atoms with Gasteiger partial charge in [0.1, 0.15) is 12.2 Å². The lowest BCUT2D eigenvalue weighted by molar-refractivity contribution is -0.328. The van der Waals surface area contributed by atoms with Gasteiger partial charge in [-0.3, -0.25) is 0 Å². The molecule has 9 heteroatoms. The highest BCUT2D eigenvalue weighted by molar-refractivity contribution is 5.87. The van der Waals surface area contributed by atoms with Crippen LogP contribution in [0.25, 0.3) is 0 Å². The summed E-state index contributed by atoms with van der Waals surface area (Å²) in [4.78, 5) is 13.5. The summed E-state index contributed by atoms with van der Waals surface area (Å²) >= 11 is 0. The van der Waals surface area contributed by atoms with Gasteiger partial charge in [-0.1, -0.05) is 83.9 Å². The highest BCUT2D eigenvalue weighted by atomic mass is 16.6. The Morgan fingerprint density at radius 1 is 1.05 bits per heavy atom. The second-order valence-electron chi connectivity index (χ2n) is 13.6. The van der Waals surface area contributed by atoms with Crippen LogP contribution >= 0.6 is 0 Å². The summed E-state index contributed by atoms with van der Waals surface area (Å²) in [6.45, 7) is 17.0. The number of esters is 1. The summed E-state index contributed by atoms with van der Waals surface area (Å²) in [6.07, 6.45) is 4.85. The van der Waals surface area contributed by atoms with Gasteiger partial charge in [-0.2, -0.15) is 0 Å². The Kier molecular flexibility index (Phi) is 14.3. The minimum atomic E-state index is -1.80. The zero-order valence-electron chi connectivity index (χ0n) is 28.6. The minimum Gasteiger partial charge on any atom is -0.490 e. The number of aliphatic hydroxyl groups is 4. The Hall–Kier alpha value is -2.01. The van der Waals surface area contributed by atoms with Gasteiger partial charge in [-0.05, 0) is 38.2 Å². The van der Waals surface area contributed by atoms with Gasteiger partial charge in [0.25, 0.3) is 0 Å². The third-order valence-electron chi connectivity index (χ3n) is 9.50. The highest BCUT2D eigenvalue weighted by Gasteiger charge is 2.51. The molecule has 2 aliphatic heterocycles. The first kappa shape index (κ1) is 38.2. The van der Waals surface area contributed by atoms with E-state index in [2.05, 4.69) is 0 Å². The molecule has 1 saturated heterocycles. The van der Waals surface area contributed by atoms with Crippen molar-refractivity contribution in [1.29, 1.82) is 0 Å². The Morgan fingerprint density at radius 2 is 1.68 bits per heavy atom. The first-order valence-corrected chi connectivity index (χ1v) is 15.9. The van der Waals surface area contributed by atoms with Crippen molar-refractivity contribution in [2.75, 3.05) is 14.2 Å². The van der Waals surface area contributed by atoms with Crippen molar-refractivity contribution in [2.45, 2.75) is 118 Å². The van der Waals surface area contributed by atoms with Crippen molar-refractivity contribution in [2.24, 2.45) is 35.5 Å². The normalized spacial score (nSPS) is 41.2. The fourth-order valence-electron chi connectivity index (χ4n) is 6.54. The van der Waals surface area contributed by atoms with Crippen LogP contribution in [-0.4, -0.2) is 83.0 Å². The maximum Gasteiger partial charge on any atom is 0.373 e. The summed E-state index contributed by atoms with van der Waals surface area (Å²) in [7, 11) is 2.87. The van der Waals surface area contributed by atoms with Crippen molar-refractivity contribution < 1.29 is 44.2 Å². The number of methoxy groups -OCH3 is 2. The van der Waals surface area contributed by atoms with E-state index in [-0.39, 0.29) is 35.9 Å². The molecule has 0 saturated carbocycles. The number of carbonyl (C=O) groups is 1. The van der Waals surface area contributed by atoms with E-state index in [0.29, 0.717) is 6.42 Å². The number of hydrogen-bond acceptors (Lipinski definition) is 9. The Labute approximate surface area is 264 Å². The van der Waals surface area contributed by atoms with Crippen LogP contribution in [0.5, 0.6) is 0 Å². The third-order valence-corrected chi connectivity index (χ3v) is 9.50. The molecule has 2 aliphatic rings. The third kappa shape index (κ3) is 9.50. The van der Waals surface area contributed by atoms with E-state index >= 15 is 0 Å². The van der Waals surface area contributed by atoms with Crippen molar-refractivity contribution in [3.8, 4) is 0 Å². The van der Waals surface area contributed by atoms with Crippen LogP contribution in [0.4, 0.5) is 0 Å². The molecule has 0 aliphatic carbocycles. The van der Waals surface area contributed by atoms with Crippen LogP contribution in [-0.2, 0) is 23.7 Å². The largest absolute Gasteiger partial charge is 0.490 e. The van der Waals surface area contributed by atoms with E-state index in [1.54, 1.807) is 26.0 Å². The van der Waals surface area contributed by atoms with Gasteiger partial charge in [0.05, 0.1) is 31.5 Å². The monoisotopic (exact) mass is 622 g/mol. The van der Waals surface area contributed by atoms with Crippen molar-refractivity contribution in [1.82, 2.24) is 0 Å². The van der Waals surface area contributed by atoms with Gasteiger partial charge in [0.15, 0.2) is 5.79 Å². The average Bonchev–Trinajstić information content (AvgIpc) is 2.96. The van der Waals surface area contributed by atoms with E-state index in [4.69, 9.17) is 18.9 Å². The first-order chi connectivity index (χ1) is 20.5. The quantitative estimate of drug-likeness (QED) is 0.298. The molecule has 2 rings (SSSR count). The van der Waals surface area contributed by atoms with Gasteiger partial charge in [-0.15, -0.1) is 0 Å². The standard InChI is InChI=1S/C35H58O9/c1-19(2)32-24(7)27(36)18-35(40,44-32)26(9)31(38)25(8)33-28(41-10)14-12-13-20(3)15-22(5)30(37)23(6)16-21(4)17-29(42-11)34(39)43-33/h12-14,16-17,19,22-28,30-33,36-38,40H,15,18H2,1-11H3/b14-12+,20-13-,21-16+,29-17+/t22-,23+,24-,25-,26-,27+,28-,30-,31+,32+,33+,35+/m0/s1. The molecular weight excluding hydrogens is 564 g/mol. The molecule has 0 aromatic rings. The molecule has 9 nitrogen and oxygen atoms in total. The highest BCUT2D eigenvalue weighted by Crippen LogP contribution is 2.41. The van der Waals surface area contributed by atoms with E-state index in [1.807, 2.05) is 66.7 Å². The predicted octanol–water partition coefficient (Wildman–Crippen LogP) is 4.69. The lowest BCUT2D eigenvalue weighted by Crippen LogP contribution is -2.59. The lowest BCUT2D eigenvalue weighted by atomic mass is 9.76. The van der Waals surface area contributed by atoms with Gasteiger partial charge in [0, 0.05) is 37.2 Å². The van der Waals surface area contributed by atoms with Gasteiger partial charge < -0.3 is 39.4 Å². The van der Waals surface area contributed by atoms with Crippen LogP contribution in [0, 0.1) is 35.5 Å². The van der Waals surface area contributed by atoms with Crippen molar-refractivity contribution >= 4 is 5.97 Å². The molecule has 44 heavy (non-hydrogen) atoms. The van der Waals surface area contributed by atoms with E-state index in [1.165, 1.54) is 14.2 Å². The average molecular weight is 623 g/mol. The van der Waals surface area contributed by atoms with Crippen LogP contribution in [0.15, 0.2) is 47.3 Å². The Bertz CT molecular complexity index is 1060. The number of hydrogen-bond donors (Lipinski definition) is 4. The molecule has 0 bridgehead atoms. The first-order valence-electron chi connectivity index (χ1n) is 15.9. The minimum absolute atomic E-state index is 0.00492. The van der Waals surface area contributed by atoms with Gasteiger partial charge in [0.2, 0.25) is 5.76 Å². The van der Waals surface area contributed by atoms with E-state index in [0.717, 1.165) is 11.1 Å². The van der Waals surface area contributed by atoms with Crippen LogP contribution in [0.1, 0.15) is 75.2 Å². The van der Waals surface area contributed by atoms with Crippen LogP contribution < -0.4 is 0 Å². The molecule has 0 aromatic heterocycles.